The highest BCUT2D eigenvalue weighted by Gasteiger charge is 2.11. The monoisotopic (exact) mass is 311 g/mol. The lowest BCUT2D eigenvalue weighted by molar-refractivity contribution is 0.0946. The topological polar surface area (TPSA) is 75.1 Å². The first-order valence-corrected chi connectivity index (χ1v) is 7.52. The van der Waals surface area contributed by atoms with Crippen molar-refractivity contribution in [2.45, 2.75) is 6.54 Å². The summed E-state index contributed by atoms with van der Waals surface area (Å²) in [6.07, 6.45) is 3.40. The van der Waals surface area contributed by atoms with Crippen LogP contribution in [0.1, 0.15) is 16.1 Å². The Hall–Kier alpha value is -2.73. The minimum atomic E-state index is -0.217. The number of aromatic hydroxyl groups is 1. The first kappa shape index (κ1) is 14.2. The molecule has 0 bridgehead atoms. The lowest BCUT2D eigenvalue weighted by Gasteiger charge is -2.02. The molecule has 1 amide bonds. The summed E-state index contributed by atoms with van der Waals surface area (Å²) in [7, 11) is 0. The van der Waals surface area contributed by atoms with Crippen molar-refractivity contribution in [1.82, 2.24) is 15.3 Å². The van der Waals surface area contributed by atoms with Gasteiger partial charge in [-0.05, 0) is 35.9 Å². The van der Waals surface area contributed by atoms with Crippen LogP contribution < -0.4 is 5.32 Å². The standard InChI is InChI=1S/C16H13N3O2S/c20-13-5-3-12(4-6-13)16-19-14(10-22-16)15(21)18-9-11-2-1-7-17-8-11/h1-8,10,20H,9H2,(H,18,21). The number of rotatable bonds is 4. The van der Waals surface area contributed by atoms with E-state index in [1.54, 1.807) is 42.0 Å². The van der Waals surface area contributed by atoms with Gasteiger partial charge in [0, 0.05) is 29.9 Å². The number of phenolic OH excluding ortho intramolecular Hbond substituents is 1. The van der Waals surface area contributed by atoms with Crippen LogP contribution >= 0.6 is 11.3 Å². The van der Waals surface area contributed by atoms with Gasteiger partial charge in [-0.1, -0.05) is 6.07 Å². The minimum absolute atomic E-state index is 0.203. The van der Waals surface area contributed by atoms with E-state index < -0.39 is 0 Å². The average Bonchev–Trinajstić information content (AvgIpc) is 3.04. The van der Waals surface area contributed by atoms with Crippen LogP contribution in [0, 0.1) is 0 Å². The molecule has 0 aliphatic rings. The van der Waals surface area contributed by atoms with Crippen LogP contribution in [0.25, 0.3) is 10.6 Å². The fraction of sp³-hybridized carbons (Fsp3) is 0.0625. The number of nitrogens with zero attached hydrogens (tertiary/aromatic N) is 2. The van der Waals surface area contributed by atoms with Gasteiger partial charge in [-0.15, -0.1) is 11.3 Å². The molecule has 2 aromatic heterocycles. The van der Waals surface area contributed by atoms with Crippen molar-refractivity contribution in [3.05, 3.63) is 65.4 Å². The van der Waals surface area contributed by atoms with Crippen molar-refractivity contribution >= 4 is 17.2 Å². The molecule has 0 atom stereocenters. The van der Waals surface area contributed by atoms with E-state index in [9.17, 15) is 9.90 Å². The Bertz CT molecular complexity index is 770. The molecule has 6 heteroatoms. The summed E-state index contributed by atoms with van der Waals surface area (Å²) in [6.45, 7) is 0.415. The predicted molar refractivity (Wildman–Crippen MR) is 84.6 cm³/mol. The van der Waals surface area contributed by atoms with E-state index in [0.717, 1.165) is 16.1 Å². The van der Waals surface area contributed by atoms with Crippen LogP contribution in [-0.4, -0.2) is 21.0 Å². The molecule has 0 spiro atoms. The molecule has 2 heterocycles. The lowest BCUT2D eigenvalue weighted by Crippen LogP contribution is -2.23. The zero-order valence-corrected chi connectivity index (χ0v) is 12.4. The summed E-state index contributed by atoms with van der Waals surface area (Å²) in [5, 5.41) is 14.6. The van der Waals surface area contributed by atoms with Gasteiger partial charge in [0.25, 0.3) is 5.91 Å². The molecule has 0 saturated carbocycles. The van der Waals surface area contributed by atoms with Gasteiger partial charge in [-0.3, -0.25) is 9.78 Å². The normalized spacial score (nSPS) is 10.4. The minimum Gasteiger partial charge on any atom is -0.508 e. The molecule has 3 aromatic rings. The maximum absolute atomic E-state index is 12.1. The quantitative estimate of drug-likeness (QED) is 0.777. The highest BCUT2D eigenvalue weighted by atomic mass is 32.1. The molecule has 0 aliphatic carbocycles. The van der Waals surface area contributed by atoms with E-state index in [2.05, 4.69) is 15.3 Å². The Balaban J connectivity index is 1.68. The largest absolute Gasteiger partial charge is 0.508 e. The Labute approximate surface area is 131 Å². The summed E-state index contributed by atoms with van der Waals surface area (Å²) in [6, 6.07) is 10.5. The molecular weight excluding hydrogens is 298 g/mol. The van der Waals surface area contributed by atoms with Gasteiger partial charge in [0.05, 0.1) is 0 Å². The van der Waals surface area contributed by atoms with Crippen LogP contribution in [0.3, 0.4) is 0 Å². The molecule has 2 N–H and O–H groups in total. The Morgan fingerprint density at radius 1 is 1.23 bits per heavy atom. The third-order valence-corrected chi connectivity index (χ3v) is 3.92. The molecule has 0 fully saturated rings. The Morgan fingerprint density at radius 2 is 2.05 bits per heavy atom. The fourth-order valence-corrected chi connectivity index (χ4v) is 2.70. The predicted octanol–water partition coefficient (Wildman–Crippen LogP) is 2.84. The second kappa shape index (κ2) is 6.36. The number of amides is 1. The van der Waals surface area contributed by atoms with Crippen LogP contribution in [-0.2, 0) is 6.54 Å². The van der Waals surface area contributed by atoms with Gasteiger partial charge in [0.1, 0.15) is 16.5 Å². The van der Waals surface area contributed by atoms with Gasteiger partial charge in [-0.25, -0.2) is 4.98 Å². The third kappa shape index (κ3) is 3.29. The molecule has 0 saturated heterocycles. The third-order valence-electron chi connectivity index (χ3n) is 3.03. The first-order chi connectivity index (χ1) is 10.7. The maximum atomic E-state index is 12.1. The number of hydrogen-bond donors (Lipinski definition) is 2. The molecule has 3 rings (SSSR count). The Kier molecular flexibility index (Phi) is 4.11. The molecule has 110 valence electrons. The van der Waals surface area contributed by atoms with Crippen molar-refractivity contribution in [2.24, 2.45) is 0 Å². The van der Waals surface area contributed by atoms with Crippen LogP contribution in [0.4, 0.5) is 0 Å². The molecule has 1 aromatic carbocycles. The van der Waals surface area contributed by atoms with E-state index in [1.165, 1.54) is 11.3 Å². The van der Waals surface area contributed by atoms with Crippen molar-refractivity contribution < 1.29 is 9.90 Å². The molecule has 22 heavy (non-hydrogen) atoms. The van der Waals surface area contributed by atoms with E-state index in [-0.39, 0.29) is 11.7 Å². The van der Waals surface area contributed by atoms with Crippen molar-refractivity contribution in [1.29, 1.82) is 0 Å². The van der Waals surface area contributed by atoms with Crippen LogP contribution in [0.5, 0.6) is 5.75 Å². The number of carbonyl (C=O) groups is 1. The molecular formula is C16H13N3O2S. The zero-order valence-electron chi connectivity index (χ0n) is 11.6. The van der Waals surface area contributed by atoms with Crippen molar-refractivity contribution in [3.63, 3.8) is 0 Å². The number of nitrogens with one attached hydrogen (secondary N) is 1. The number of hydrogen-bond acceptors (Lipinski definition) is 5. The number of pyridine rings is 1. The fourth-order valence-electron chi connectivity index (χ4n) is 1.89. The molecule has 0 aliphatic heterocycles. The molecule has 5 nitrogen and oxygen atoms in total. The van der Waals surface area contributed by atoms with E-state index in [4.69, 9.17) is 0 Å². The van der Waals surface area contributed by atoms with Crippen molar-refractivity contribution in [2.75, 3.05) is 0 Å². The lowest BCUT2D eigenvalue weighted by atomic mass is 10.2. The second-order valence-electron chi connectivity index (χ2n) is 4.63. The highest BCUT2D eigenvalue weighted by molar-refractivity contribution is 7.13. The number of aromatic nitrogens is 2. The zero-order chi connectivity index (χ0) is 15.4. The second-order valence-corrected chi connectivity index (χ2v) is 5.49. The SMILES string of the molecule is O=C(NCc1cccnc1)c1csc(-c2ccc(O)cc2)n1. The Morgan fingerprint density at radius 3 is 2.77 bits per heavy atom. The van der Waals surface area contributed by atoms with Gasteiger partial charge < -0.3 is 10.4 Å². The number of thiazole rings is 1. The molecule has 0 radical (unpaired) electrons. The highest BCUT2D eigenvalue weighted by Crippen LogP contribution is 2.25. The summed E-state index contributed by atoms with van der Waals surface area (Å²) >= 11 is 1.39. The van der Waals surface area contributed by atoms with E-state index in [0.29, 0.717) is 12.2 Å². The smallest absolute Gasteiger partial charge is 0.271 e. The number of benzene rings is 1. The summed E-state index contributed by atoms with van der Waals surface area (Å²) in [4.78, 5) is 20.4. The van der Waals surface area contributed by atoms with E-state index in [1.807, 2.05) is 12.1 Å². The van der Waals surface area contributed by atoms with Gasteiger partial charge in [0.15, 0.2) is 0 Å². The average molecular weight is 311 g/mol. The first-order valence-electron chi connectivity index (χ1n) is 6.64. The van der Waals surface area contributed by atoms with Crippen LogP contribution in [0.15, 0.2) is 54.2 Å². The van der Waals surface area contributed by atoms with Gasteiger partial charge in [-0.2, -0.15) is 0 Å². The van der Waals surface area contributed by atoms with E-state index >= 15 is 0 Å². The van der Waals surface area contributed by atoms with Crippen molar-refractivity contribution in [3.8, 4) is 16.3 Å². The van der Waals surface area contributed by atoms with Gasteiger partial charge >= 0.3 is 0 Å². The van der Waals surface area contributed by atoms with Gasteiger partial charge in [0.2, 0.25) is 0 Å². The van der Waals surface area contributed by atoms with Crippen LogP contribution in [0.2, 0.25) is 0 Å². The number of carbonyl (C=O) groups excluding carboxylic acids is 1. The number of phenols is 1. The summed E-state index contributed by atoms with van der Waals surface area (Å²) in [5.74, 6) is -0.0140. The maximum Gasteiger partial charge on any atom is 0.271 e. The summed E-state index contributed by atoms with van der Waals surface area (Å²) < 4.78 is 0. The molecule has 0 unspecified atom stereocenters. The summed E-state index contributed by atoms with van der Waals surface area (Å²) in [5.41, 5.74) is 2.19.